The highest BCUT2D eigenvalue weighted by molar-refractivity contribution is 6.43. The molecule has 0 unspecified atom stereocenters. The van der Waals surface area contributed by atoms with Crippen molar-refractivity contribution in [1.29, 1.82) is 0 Å². The molecule has 0 bridgehead atoms. The molecule has 10 heteroatoms. The van der Waals surface area contributed by atoms with E-state index in [-0.39, 0.29) is 22.9 Å². The van der Waals surface area contributed by atoms with E-state index in [0.29, 0.717) is 29.4 Å². The summed E-state index contributed by atoms with van der Waals surface area (Å²) in [5.74, 6) is 0.359. The average Bonchev–Trinajstić information content (AvgIpc) is 3.05. The molecule has 1 aliphatic heterocycles. The first-order valence-corrected chi connectivity index (χ1v) is 8.64. The third-order valence-electron chi connectivity index (χ3n) is 4.46. The topological polar surface area (TPSA) is 85.5 Å². The number of rotatable bonds is 2. The number of ether oxygens (including phenoxy) is 1. The Labute approximate surface area is 158 Å². The summed E-state index contributed by atoms with van der Waals surface area (Å²) in [7, 11) is 1.52. The molecular formula is C16H14Cl2N6O2. The molecule has 134 valence electrons. The highest BCUT2D eigenvalue weighted by Crippen LogP contribution is 2.34. The maximum absolute atomic E-state index is 12.9. The van der Waals surface area contributed by atoms with Crippen molar-refractivity contribution in [3.05, 3.63) is 46.1 Å². The molecule has 3 aromatic rings. The van der Waals surface area contributed by atoms with Gasteiger partial charge in [0.2, 0.25) is 5.82 Å². The number of hydrogen-bond acceptors (Lipinski definition) is 6. The number of methoxy groups -OCH3 is 1. The molecule has 0 saturated heterocycles. The zero-order valence-corrected chi connectivity index (χ0v) is 15.5. The Morgan fingerprint density at radius 1 is 1.27 bits per heavy atom. The van der Waals surface area contributed by atoms with Crippen molar-refractivity contribution in [3.8, 4) is 5.75 Å². The standard InChI is InChI=1S/C16H14Cl2N6O2/c1-8-12-10(22-15-11(17)13(18)21-7-24(12)15)3-4-23(8)16(25)14-19-5-9(26-2)6-20-14/h5-8H,3-4H2,1-2H3/t8-/m1/s1. The first kappa shape index (κ1) is 17.0. The smallest absolute Gasteiger partial charge is 0.292 e. The van der Waals surface area contributed by atoms with E-state index in [1.807, 2.05) is 6.92 Å². The summed E-state index contributed by atoms with van der Waals surface area (Å²) in [4.78, 5) is 31.4. The minimum atomic E-state index is -0.256. The molecule has 8 nitrogen and oxygen atoms in total. The molecule has 0 saturated carbocycles. The van der Waals surface area contributed by atoms with E-state index in [1.54, 1.807) is 15.6 Å². The number of carbonyl (C=O) groups is 1. The molecular weight excluding hydrogens is 379 g/mol. The van der Waals surface area contributed by atoms with Gasteiger partial charge in [-0.25, -0.2) is 19.9 Å². The third kappa shape index (κ3) is 2.57. The van der Waals surface area contributed by atoms with Crippen molar-refractivity contribution in [1.82, 2.24) is 29.2 Å². The van der Waals surface area contributed by atoms with Crippen LogP contribution in [0.15, 0.2) is 18.7 Å². The highest BCUT2D eigenvalue weighted by atomic mass is 35.5. The molecule has 0 radical (unpaired) electrons. The average molecular weight is 393 g/mol. The zero-order valence-electron chi connectivity index (χ0n) is 14.0. The molecule has 0 aromatic carbocycles. The molecule has 0 N–H and O–H groups in total. The molecule has 1 atom stereocenters. The van der Waals surface area contributed by atoms with Gasteiger partial charge in [-0.05, 0) is 6.92 Å². The molecule has 0 fully saturated rings. The predicted molar refractivity (Wildman–Crippen MR) is 94.7 cm³/mol. The van der Waals surface area contributed by atoms with E-state index in [1.165, 1.54) is 19.5 Å². The number of carbonyl (C=O) groups excluding carboxylic acids is 1. The summed E-state index contributed by atoms with van der Waals surface area (Å²) < 4.78 is 6.81. The van der Waals surface area contributed by atoms with Crippen LogP contribution < -0.4 is 4.74 Å². The zero-order chi connectivity index (χ0) is 18.4. The minimum absolute atomic E-state index is 0.120. The maximum atomic E-state index is 12.9. The van der Waals surface area contributed by atoms with E-state index >= 15 is 0 Å². The molecule has 4 rings (SSSR count). The van der Waals surface area contributed by atoms with Crippen LogP contribution in [0.4, 0.5) is 0 Å². The van der Waals surface area contributed by atoms with Gasteiger partial charge in [0.05, 0.1) is 36.9 Å². The van der Waals surface area contributed by atoms with Crippen LogP contribution in [0.2, 0.25) is 10.2 Å². The quantitative estimate of drug-likeness (QED) is 0.623. The van der Waals surface area contributed by atoms with Crippen molar-refractivity contribution < 1.29 is 9.53 Å². The summed E-state index contributed by atoms with van der Waals surface area (Å²) in [5, 5.41) is 0.501. The highest BCUT2D eigenvalue weighted by Gasteiger charge is 2.33. The SMILES string of the molecule is COc1cnc(C(=O)N2CCc3nc4c(Cl)c(Cl)ncn4c3[C@H]2C)nc1. The lowest BCUT2D eigenvalue weighted by molar-refractivity contribution is 0.0658. The van der Waals surface area contributed by atoms with E-state index in [4.69, 9.17) is 27.9 Å². The predicted octanol–water partition coefficient (Wildman–Crippen LogP) is 2.59. The molecule has 0 spiro atoms. The summed E-state index contributed by atoms with van der Waals surface area (Å²) in [6.07, 6.45) is 5.11. The Bertz CT molecular complexity index is 1000. The molecule has 3 aromatic heterocycles. The second-order valence-corrected chi connectivity index (χ2v) is 6.59. The number of nitrogens with zero attached hydrogens (tertiary/aromatic N) is 6. The summed E-state index contributed by atoms with van der Waals surface area (Å²) >= 11 is 12.2. The van der Waals surface area contributed by atoms with Crippen molar-refractivity contribution >= 4 is 34.8 Å². The Balaban J connectivity index is 1.72. The van der Waals surface area contributed by atoms with Gasteiger partial charge in [0, 0.05) is 13.0 Å². The van der Waals surface area contributed by atoms with Gasteiger partial charge in [0.15, 0.2) is 16.5 Å². The second kappa shape index (κ2) is 6.37. The van der Waals surface area contributed by atoms with Gasteiger partial charge in [-0.1, -0.05) is 23.2 Å². The number of halogens is 2. The van der Waals surface area contributed by atoms with E-state index < -0.39 is 0 Å². The van der Waals surface area contributed by atoms with Crippen LogP contribution in [-0.2, 0) is 6.42 Å². The molecule has 1 aliphatic rings. The van der Waals surface area contributed by atoms with Crippen LogP contribution in [0.3, 0.4) is 0 Å². The lowest BCUT2D eigenvalue weighted by Gasteiger charge is -2.32. The van der Waals surface area contributed by atoms with Crippen molar-refractivity contribution in [2.45, 2.75) is 19.4 Å². The van der Waals surface area contributed by atoms with E-state index in [2.05, 4.69) is 19.9 Å². The lowest BCUT2D eigenvalue weighted by atomic mass is 10.0. The first-order chi connectivity index (χ1) is 12.5. The van der Waals surface area contributed by atoms with Crippen LogP contribution in [-0.4, -0.2) is 48.8 Å². The van der Waals surface area contributed by atoms with E-state index in [0.717, 1.165) is 11.4 Å². The van der Waals surface area contributed by atoms with Crippen LogP contribution in [0.25, 0.3) is 5.65 Å². The van der Waals surface area contributed by atoms with Crippen LogP contribution >= 0.6 is 23.2 Å². The number of hydrogen-bond donors (Lipinski definition) is 0. The fourth-order valence-corrected chi connectivity index (χ4v) is 3.46. The third-order valence-corrected chi connectivity index (χ3v) is 5.19. The van der Waals surface area contributed by atoms with Crippen LogP contribution in [0.1, 0.15) is 35.0 Å². The number of fused-ring (bicyclic) bond motifs is 3. The van der Waals surface area contributed by atoms with Crippen LogP contribution in [0.5, 0.6) is 5.75 Å². The Morgan fingerprint density at radius 2 is 2.00 bits per heavy atom. The van der Waals surface area contributed by atoms with Gasteiger partial charge < -0.3 is 9.64 Å². The molecule has 26 heavy (non-hydrogen) atoms. The fraction of sp³-hybridized carbons (Fsp3) is 0.312. The fourth-order valence-electron chi connectivity index (χ4n) is 3.15. The van der Waals surface area contributed by atoms with Gasteiger partial charge in [-0.15, -0.1) is 0 Å². The van der Waals surface area contributed by atoms with Gasteiger partial charge in [0.25, 0.3) is 5.91 Å². The van der Waals surface area contributed by atoms with E-state index in [9.17, 15) is 4.79 Å². The normalized spacial score (nSPS) is 16.6. The summed E-state index contributed by atoms with van der Waals surface area (Å²) in [6, 6.07) is -0.244. The van der Waals surface area contributed by atoms with Gasteiger partial charge in [-0.3, -0.25) is 9.20 Å². The van der Waals surface area contributed by atoms with Crippen LogP contribution in [0, 0.1) is 0 Å². The lowest BCUT2D eigenvalue weighted by Crippen LogP contribution is -2.40. The summed E-state index contributed by atoms with van der Waals surface area (Å²) in [5.41, 5.74) is 2.28. The molecule has 4 heterocycles. The van der Waals surface area contributed by atoms with Crippen molar-refractivity contribution in [2.75, 3.05) is 13.7 Å². The monoisotopic (exact) mass is 392 g/mol. The van der Waals surface area contributed by atoms with Crippen molar-refractivity contribution in [2.24, 2.45) is 0 Å². The summed E-state index contributed by atoms with van der Waals surface area (Å²) in [6.45, 7) is 2.43. The number of amides is 1. The van der Waals surface area contributed by atoms with Gasteiger partial charge in [0.1, 0.15) is 11.3 Å². The first-order valence-electron chi connectivity index (χ1n) is 7.89. The minimum Gasteiger partial charge on any atom is -0.494 e. The van der Waals surface area contributed by atoms with Gasteiger partial charge >= 0.3 is 0 Å². The number of aromatic nitrogens is 5. The molecule has 0 aliphatic carbocycles. The largest absolute Gasteiger partial charge is 0.494 e. The number of imidazole rings is 1. The second-order valence-electron chi connectivity index (χ2n) is 5.86. The molecule has 1 amide bonds. The maximum Gasteiger partial charge on any atom is 0.292 e. The van der Waals surface area contributed by atoms with Gasteiger partial charge in [-0.2, -0.15) is 0 Å². The Hall–Kier alpha value is -2.45. The Morgan fingerprint density at radius 3 is 2.69 bits per heavy atom. The van der Waals surface area contributed by atoms with Crippen molar-refractivity contribution in [3.63, 3.8) is 0 Å². The Kier molecular flexibility index (Phi) is 4.16.